The minimum absolute atomic E-state index is 0.0628. The predicted molar refractivity (Wildman–Crippen MR) is 88.0 cm³/mol. The first-order valence-corrected chi connectivity index (χ1v) is 8.39. The molecule has 3 nitrogen and oxygen atoms in total. The number of likely N-dealkylation sites (N-methyl/N-ethyl adjacent to an activating group) is 1. The van der Waals surface area contributed by atoms with Crippen molar-refractivity contribution >= 4 is 25.3 Å². The van der Waals surface area contributed by atoms with Crippen LogP contribution in [0.5, 0.6) is 0 Å². The summed E-state index contributed by atoms with van der Waals surface area (Å²) in [5.41, 5.74) is -0.0628. The molecular formula is C14H29N2OS2Tc. The van der Waals surface area contributed by atoms with E-state index < -0.39 is 0 Å². The monoisotopic (exact) mass is 402 g/mol. The Balaban J connectivity index is 0. The molecule has 20 heavy (non-hydrogen) atoms. The topological polar surface area (TPSA) is 34.4 Å². The molecular weight excluding hydrogens is 374 g/mol. The summed E-state index contributed by atoms with van der Waals surface area (Å²) >= 11 is 11.7. The molecule has 0 spiro atoms. The van der Waals surface area contributed by atoms with E-state index in [1.54, 1.807) is 0 Å². The predicted octanol–water partition coefficient (Wildman–Crippen LogP) is 2.99. The average Bonchev–Trinajstić information content (AvgIpc) is 2.25. The molecule has 6 heteroatoms. The minimum atomic E-state index is -0.147. The van der Waals surface area contributed by atoms with Crippen molar-refractivity contribution in [2.75, 3.05) is 26.2 Å². The molecule has 0 aliphatic rings. The van der Waals surface area contributed by atoms with E-state index in [4.69, 9.17) is 34.1 Å². The van der Waals surface area contributed by atoms with Gasteiger partial charge >= 0.3 is 22.4 Å². The summed E-state index contributed by atoms with van der Waals surface area (Å²) in [6.45, 7) is 18.4. The van der Waals surface area contributed by atoms with Gasteiger partial charge in [-0.1, -0.05) is 48.5 Å². The Kier molecular flexibility index (Phi) is 11.6. The molecule has 0 heterocycles. The first kappa shape index (κ1) is 23.3. The third-order valence-corrected chi connectivity index (χ3v) is 2.81. The van der Waals surface area contributed by atoms with Gasteiger partial charge in [0.25, 0.3) is 0 Å². The SMILES string of the molecule is CCN(CC(C)(C)[S-])CC(C)(C)[N-]CC(C)(C)[S-].[O]=[Tc+3]. The fourth-order valence-corrected chi connectivity index (χ4v) is 2.07. The van der Waals surface area contributed by atoms with Crippen LogP contribution in [-0.4, -0.2) is 46.1 Å². The van der Waals surface area contributed by atoms with Crippen molar-refractivity contribution < 1.29 is 22.4 Å². The average molecular weight is 404 g/mol. The molecule has 0 N–H and O–H groups in total. The van der Waals surface area contributed by atoms with E-state index >= 15 is 0 Å². The third kappa shape index (κ3) is 15.5. The number of rotatable bonds is 8. The Morgan fingerprint density at radius 3 is 1.70 bits per heavy atom. The van der Waals surface area contributed by atoms with Crippen LogP contribution in [0.15, 0.2) is 0 Å². The Bertz CT molecular complexity index is 263. The number of hydrogen-bond acceptors (Lipinski definition) is 4. The molecule has 0 aromatic carbocycles. The van der Waals surface area contributed by atoms with Gasteiger partial charge in [0.05, 0.1) is 0 Å². The third-order valence-electron chi connectivity index (χ3n) is 2.55. The standard InChI is InChI=1S/C14H31N2S2.O.Tc/c1-8-16(11-14(6,7)18)10-12(2,3)15-9-13(4,5)17;;/h17-18H,8-11H2,1-7H3;;/q-1;;+3/p-2. The number of nitrogens with zero attached hydrogens (tertiary/aromatic N) is 2. The molecule has 120 valence electrons. The summed E-state index contributed by atoms with van der Waals surface area (Å²) in [7, 11) is 0. The second-order valence-corrected chi connectivity index (χ2v) is 9.16. The molecule has 0 bridgehead atoms. The van der Waals surface area contributed by atoms with Crippen LogP contribution in [0.3, 0.4) is 0 Å². The molecule has 0 saturated heterocycles. The second-order valence-electron chi connectivity index (χ2n) is 6.95. The maximum absolute atomic E-state index is 8.22. The number of hydrogen-bond donors (Lipinski definition) is 0. The summed E-state index contributed by atoms with van der Waals surface area (Å²) in [5, 5.41) is 4.77. The quantitative estimate of drug-likeness (QED) is 0.584. The zero-order valence-electron chi connectivity index (χ0n) is 13.8. The fourth-order valence-electron chi connectivity index (χ4n) is 1.82. The summed E-state index contributed by atoms with van der Waals surface area (Å²) in [6.07, 6.45) is 0. The summed E-state index contributed by atoms with van der Waals surface area (Å²) < 4.78 is 7.99. The summed E-state index contributed by atoms with van der Waals surface area (Å²) in [5.74, 6) is 0. The Labute approximate surface area is 147 Å². The van der Waals surface area contributed by atoms with Crippen LogP contribution in [0.25, 0.3) is 5.32 Å². The molecule has 0 rings (SSSR count). The van der Waals surface area contributed by atoms with Crippen LogP contribution in [0.2, 0.25) is 0 Å². The molecule has 0 saturated carbocycles. The van der Waals surface area contributed by atoms with E-state index in [1.807, 2.05) is 13.8 Å². The van der Waals surface area contributed by atoms with Crippen LogP contribution in [-0.2, 0) is 47.6 Å². The van der Waals surface area contributed by atoms with Crippen LogP contribution >= 0.6 is 0 Å². The Hall–Kier alpha value is 1.07. The van der Waals surface area contributed by atoms with Gasteiger partial charge in [-0.25, -0.2) is 0 Å². The van der Waals surface area contributed by atoms with Gasteiger partial charge in [0.15, 0.2) is 0 Å². The summed E-state index contributed by atoms with van der Waals surface area (Å²) in [4.78, 5) is 2.38. The molecule has 0 aromatic rings. The van der Waals surface area contributed by atoms with Crippen molar-refractivity contribution in [3.05, 3.63) is 5.32 Å². The van der Waals surface area contributed by atoms with Gasteiger partial charge in [0.1, 0.15) is 0 Å². The molecule has 0 fully saturated rings. The van der Waals surface area contributed by atoms with Crippen LogP contribution in [0.1, 0.15) is 48.5 Å². The Morgan fingerprint density at radius 2 is 1.40 bits per heavy atom. The van der Waals surface area contributed by atoms with E-state index in [1.165, 1.54) is 0 Å². The molecule has 0 amide bonds. The molecule has 0 atom stereocenters. The van der Waals surface area contributed by atoms with Gasteiger partial charge in [0, 0.05) is 0 Å². The first-order chi connectivity index (χ1) is 8.85. The van der Waals surface area contributed by atoms with E-state index in [2.05, 4.69) is 39.5 Å². The van der Waals surface area contributed by atoms with Gasteiger partial charge in [-0.2, -0.15) is 11.3 Å². The molecule has 0 aliphatic heterocycles. The van der Waals surface area contributed by atoms with Gasteiger partial charge in [-0.3, -0.25) is 0 Å². The molecule has 0 unspecified atom stereocenters. The van der Waals surface area contributed by atoms with Crippen molar-refractivity contribution in [3.63, 3.8) is 0 Å². The van der Waals surface area contributed by atoms with Gasteiger partial charge in [0.2, 0.25) is 0 Å². The molecule has 0 radical (unpaired) electrons. The van der Waals surface area contributed by atoms with Gasteiger partial charge in [-0.05, 0) is 19.6 Å². The van der Waals surface area contributed by atoms with Crippen molar-refractivity contribution in [3.8, 4) is 0 Å². The van der Waals surface area contributed by atoms with Crippen LogP contribution in [0.4, 0.5) is 0 Å². The van der Waals surface area contributed by atoms with Crippen LogP contribution in [0, 0.1) is 0 Å². The normalized spacial score (nSPS) is 13.1. The van der Waals surface area contributed by atoms with Crippen molar-refractivity contribution in [2.24, 2.45) is 0 Å². The Morgan fingerprint density at radius 1 is 0.950 bits per heavy atom. The van der Waals surface area contributed by atoms with E-state index in [-0.39, 0.29) is 15.0 Å². The zero-order valence-corrected chi connectivity index (χ0v) is 17.3. The van der Waals surface area contributed by atoms with Gasteiger partial charge < -0.3 is 35.5 Å². The zero-order chi connectivity index (χ0) is 16.6. The van der Waals surface area contributed by atoms with E-state index in [0.717, 1.165) is 45.0 Å². The van der Waals surface area contributed by atoms with Gasteiger partial charge in [-0.15, -0.1) is 10.3 Å². The van der Waals surface area contributed by atoms with Crippen LogP contribution < -0.4 is 0 Å². The van der Waals surface area contributed by atoms with Crippen molar-refractivity contribution in [1.29, 1.82) is 0 Å². The molecule has 0 aromatic heterocycles. The maximum atomic E-state index is 8.22. The first-order valence-electron chi connectivity index (χ1n) is 6.82. The van der Waals surface area contributed by atoms with Crippen molar-refractivity contribution in [1.82, 2.24) is 4.90 Å². The fraction of sp³-hybridized carbons (Fsp3) is 1.00. The van der Waals surface area contributed by atoms with Crippen molar-refractivity contribution in [2.45, 2.75) is 63.5 Å². The second kappa shape index (κ2) is 9.96. The summed E-state index contributed by atoms with van der Waals surface area (Å²) in [6, 6.07) is 0. The van der Waals surface area contributed by atoms with E-state index in [0.29, 0.717) is 0 Å². The van der Waals surface area contributed by atoms with E-state index in [9.17, 15) is 0 Å². The molecule has 0 aliphatic carbocycles.